The molecule has 238 valence electrons. The molecule has 0 bridgehead atoms. The molecule has 9 nitrogen and oxygen atoms in total. The number of ether oxygens (including phenoxy) is 2. The second-order valence-corrected chi connectivity index (χ2v) is 11.1. The van der Waals surface area contributed by atoms with Crippen LogP contribution in [0.25, 0.3) is 28.6 Å². The van der Waals surface area contributed by atoms with Crippen molar-refractivity contribution in [3.63, 3.8) is 0 Å². The number of methoxy groups -OCH3 is 1. The molecule has 0 saturated carbocycles. The third-order valence-corrected chi connectivity index (χ3v) is 7.69. The molecule has 0 aliphatic rings. The Kier molecular flexibility index (Phi) is 9.37. The second-order valence-electron chi connectivity index (χ2n) is 10.3. The number of nitrogens with one attached hydrogen (secondary N) is 1. The molecule has 3 aromatic carbocycles. The van der Waals surface area contributed by atoms with Crippen LogP contribution in [0.15, 0.2) is 89.6 Å². The molecule has 5 aromatic rings. The number of urea groups is 1. The average molecular weight is 653 g/mol. The first-order valence-corrected chi connectivity index (χ1v) is 14.7. The van der Waals surface area contributed by atoms with Gasteiger partial charge in [0.05, 0.1) is 18.5 Å². The van der Waals surface area contributed by atoms with Crippen LogP contribution in [0.4, 0.5) is 22.4 Å². The summed E-state index contributed by atoms with van der Waals surface area (Å²) in [5.41, 5.74) is 4.02. The third-order valence-electron chi connectivity index (χ3n) is 6.74. The molecule has 0 aliphatic carbocycles. The molecular formula is C32H28F4N6O3S. The van der Waals surface area contributed by atoms with Gasteiger partial charge >= 0.3 is 12.4 Å². The van der Waals surface area contributed by atoms with Crippen molar-refractivity contribution in [2.24, 2.45) is 4.99 Å². The first-order valence-electron chi connectivity index (χ1n) is 13.9. The first kappa shape index (κ1) is 32.2. The number of benzene rings is 3. The van der Waals surface area contributed by atoms with Gasteiger partial charge in [-0.15, -0.1) is 29.6 Å². The molecule has 14 heteroatoms. The maximum Gasteiger partial charge on any atom is 0.573 e. The Morgan fingerprint density at radius 2 is 1.74 bits per heavy atom. The summed E-state index contributed by atoms with van der Waals surface area (Å²) in [6.07, 6.45) is -2.44. The Morgan fingerprint density at radius 3 is 2.39 bits per heavy atom. The van der Waals surface area contributed by atoms with Crippen LogP contribution in [0.1, 0.15) is 36.6 Å². The van der Waals surface area contributed by atoms with E-state index in [1.165, 1.54) is 58.7 Å². The minimum Gasteiger partial charge on any atom is -0.497 e. The van der Waals surface area contributed by atoms with Crippen LogP contribution in [0.2, 0.25) is 0 Å². The number of aryl methyl sites for hydroxylation is 1. The lowest BCUT2D eigenvalue weighted by Crippen LogP contribution is -2.22. The predicted molar refractivity (Wildman–Crippen MR) is 166 cm³/mol. The van der Waals surface area contributed by atoms with Gasteiger partial charge in [0.2, 0.25) is 0 Å². The number of hydrogen-bond donors (Lipinski definition) is 1. The number of halogens is 4. The van der Waals surface area contributed by atoms with E-state index in [-0.39, 0.29) is 17.2 Å². The third kappa shape index (κ3) is 7.51. The van der Waals surface area contributed by atoms with Crippen molar-refractivity contribution in [2.75, 3.05) is 7.11 Å². The summed E-state index contributed by atoms with van der Waals surface area (Å²) in [6, 6.07) is 16.3. The fourth-order valence-corrected chi connectivity index (χ4v) is 5.38. The normalized spacial score (nSPS) is 12.5. The fraction of sp³-hybridized carbons (Fsp3) is 0.188. The molecule has 0 unspecified atom stereocenters. The summed E-state index contributed by atoms with van der Waals surface area (Å²) in [4.78, 5) is 21.5. The minimum atomic E-state index is -4.79. The summed E-state index contributed by atoms with van der Waals surface area (Å²) in [5, 5.41) is 8.62. The van der Waals surface area contributed by atoms with Gasteiger partial charge in [-0.3, -0.25) is 4.57 Å². The summed E-state index contributed by atoms with van der Waals surface area (Å²) >= 11 is 1.29. The first-order chi connectivity index (χ1) is 21.9. The van der Waals surface area contributed by atoms with Crippen LogP contribution in [0.5, 0.6) is 11.5 Å². The van der Waals surface area contributed by atoms with Crippen molar-refractivity contribution in [3.05, 3.63) is 106 Å². The Balaban J connectivity index is 1.28. The molecule has 5 rings (SSSR count). The molecule has 0 aliphatic heterocycles. The number of nitrogens with zero attached hydrogens (tertiary/aromatic N) is 5. The van der Waals surface area contributed by atoms with Crippen molar-refractivity contribution in [2.45, 2.75) is 33.1 Å². The largest absolute Gasteiger partial charge is 0.573 e. The van der Waals surface area contributed by atoms with E-state index in [1.54, 1.807) is 19.2 Å². The minimum absolute atomic E-state index is 0.177. The Bertz CT molecular complexity index is 1940. The van der Waals surface area contributed by atoms with E-state index in [1.807, 2.05) is 35.1 Å². The lowest BCUT2D eigenvalue weighted by molar-refractivity contribution is -0.274. The highest BCUT2D eigenvalue weighted by atomic mass is 32.1. The van der Waals surface area contributed by atoms with Gasteiger partial charge < -0.3 is 14.8 Å². The number of aromatic nitrogens is 4. The van der Waals surface area contributed by atoms with Crippen molar-refractivity contribution in [3.8, 4) is 34.3 Å². The molecule has 2 aromatic heterocycles. The molecule has 46 heavy (non-hydrogen) atoms. The molecule has 0 spiro atoms. The Labute approximate surface area is 265 Å². The highest BCUT2D eigenvalue weighted by Gasteiger charge is 2.31. The van der Waals surface area contributed by atoms with Gasteiger partial charge in [-0.25, -0.2) is 18.9 Å². The highest BCUT2D eigenvalue weighted by Crippen LogP contribution is 2.28. The summed E-state index contributed by atoms with van der Waals surface area (Å²) in [5.74, 6) is 0.170. The van der Waals surface area contributed by atoms with Crippen molar-refractivity contribution in [1.29, 1.82) is 0 Å². The molecule has 0 atom stereocenters. The van der Waals surface area contributed by atoms with E-state index in [0.717, 1.165) is 28.9 Å². The number of hydrogen-bond acceptors (Lipinski definition) is 6. The number of rotatable bonds is 8. The van der Waals surface area contributed by atoms with E-state index in [0.29, 0.717) is 21.9 Å². The quantitative estimate of drug-likeness (QED) is 0.173. The SMILES string of the molecule is COc1ccc(-n2c(C)csc2=NC(=O)N/C=C(\F)c2ccc(-c3ncn(-c4ccc(OC(F)(F)F)cc4)n3)cc2)c(C(C)C)c1. The summed E-state index contributed by atoms with van der Waals surface area (Å²) < 4.78 is 64.7. The zero-order chi connectivity index (χ0) is 33.0. The van der Waals surface area contributed by atoms with Crippen molar-refractivity contribution >= 4 is 23.2 Å². The number of alkyl halides is 3. The van der Waals surface area contributed by atoms with Crippen LogP contribution in [-0.2, 0) is 0 Å². The number of thiazole rings is 1. The summed E-state index contributed by atoms with van der Waals surface area (Å²) in [7, 11) is 1.61. The molecule has 2 heterocycles. The van der Waals surface area contributed by atoms with Crippen molar-refractivity contribution in [1.82, 2.24) is 24.6 Å². The topological polar surface area (TPSA) is 95.6 Å². The molecule has 0 saturated heterocycles. The second kappa shape index (κ2) is 13.4. The molecular weight excluding hydrogens is 624 g/mol. The molecule has 1 N–H and O–H groups in total. The van der Waals surface area contributed by atoms with Crippen LogP contribution in [0.3, 0.4) is 0 Å². The maximum absolute atomic E-state index is 15.0. The lowest BCUT2D eigenvalue weighted by Gasteiger charge is -2.16. The van der Waals surface area contributed by atoms with Gasteiger partial charge in [-0.05, 0) is 60.9 Å². The monoisotopic (exact) mass is 652 g/mol. The van der Waals surface area contributed by atoms with E-state index in [4.69, 9.17) is 4.74 Å². The Hall–Kier alpha value is -5.24. The average Bonchev–Trinajstić information content (AvgIpc) is 3.66. The molecule has 0 radical (unpaired) electrons. The van der Waals surface area contributed by atoms with E-state index in [9.17, 15) is 22.4 Å². The van der Waals surface area contributed by atoms with Gasteiger partial charge in [0.25, 0.3) is 0 Å². The smallest absolute Gasteiger partial charge is 0.497 e. The van der Waals surface area contributed by atoms with Gasteiger partial charge in [0.15, 0.2) is 10.6 Å². The number of carbonyl (C=O) groups excluding carboxylic acids is 1. The van der Waals surface area contributed by atoms with E-state index in [2.05, 4.69) is 39.0 Å². The fourth-order valence-electron chi connectivity index (χ4n) is 4.52. The molecule has 0 fully saturated rings. The van der Waals surface area contributed by atoms with Crippen LogP contribution < -0.4 is 19.6 Å². The van der Waals surface area contributed by atoms with Crippen molar-refractivity contribution < 1.29 is 31.8 Å². The zero-order valence-corrected chi connectivity index (χ0v) is 25.9. The Morgan fingerprint density at radius 1 is 1.04 bits per heavy atom. The summed E-state index contributed by atoms with van der Waals surface area (Å²) in [6.45, 7) is 6.05. The van der Waals surface area contributed by atoms with Gasteiger partial charge in [0.1, 0.15) is 23.7 Å². The zero-order valence-electron chi connectivity index (χ0n) is 25.0. The van der Waals surface area contributed by atoms with Gasteiger partial charge in [-0.2, -0.15) is 4.99 Å². The van der Waals surface area contributed by atoms with Gasteiger partial charge in [-0.1, -0.05) is 38.1 Å². The van der Waals surface area contributed by atoms with E-state index < -0.39 is 18.2 Å². The lowest BCUT2D eigenvalue weighted by atomic mass is 10.0. The van der Waals surface area contributed by atoms with Crippen LogP contribution >= 0.6 is 11.3 Å². The van der Waals surface area contributed by atoms with Crippen LogP contribution in [-0.4, -0.2) is 38.8 Å². The van der Waals surface area contributed by atoms with Gasteiger partial charge in [0, 0.05) is 28.4 Å². The molecule has 2 amide bonds. The maximum atomic E-state index is 15.0. The highest BCUT2D eigenvalue weighted by molar-refractivity contribution is 7.07. The predicted octanol–water partition coefficient (Wildman–Crippen LogP) is 7.70. The standard InChI is InChI=1S/C32H28F4N6O3S/c1-19(2)26-15-25(44-4)13-14-28(26)42-20(3)17-46-31(42)39-30(43)37-16-27(33)21-5-7-22(8-6-21)29-38-18-41(40-29)23-9-11-24(12-10-23)45-32(34,35)36/h5-19H,1-4H3,(H,37,43)/b27-16-,39-31?. The number of amides is 2. The van der Waals surface area contributed by atoms with Crippen LogP contribution in [0, 0.1) is 6.92 Å². The van der Waals surface area contributed by atoms with E-state index >= 15 is 0 Å². The number of carbonyl (C=O) groups is 1.